The summed E-state index contributed by atoms with van der Waals surface area (Å²) in [5.74, 6) is 0. The molecular weight excluding hydrogens is 667 g/mol. The van der Waals surface area contributed by atoms with Crippen LogP contribution in [-0.4, -0.2) is 5.71 Å². The number of hydrogen-bond donors (Lipinski definition) is 0. The van der Waals surface area contributed by atoms with Crippen LogP contribution in [0.1, 0.15) is 39.1 Å². The maximum absolute atomic E-state index is 5.15. The largest absolute Gasteiger partial charge is 0.657 e. The van der Waals surface area contributed by atoms with Crippen LogP contribution < -0.4 is 4.98 Å². The van der Waals surface area contributed by atoms with E-state index in [1.807, 2.05) is 0 Å². The van der Waals surface area contributed by atoms with E-state index in [0.717, 1.165) is 56.2 Å². The second-order valence-electron chi connectivity index (χ2n) is 10.5. The SMILES string of the molecule is Cc1ccc(C2=CC(c3ccc(C)cc3)=N/C2=C\c2[n-]c(-c3ccc(C)cc3)cc2-c2ccc(C)cc2)cc1.[Pt]. The number of hydrogen-bond acceptors (Lipinski definition) is 1. The second-order valence-corrected chi connectivity index (χ2v) is 10.5. The molecule has 0 radical (unpaired) electrons. The Kier molecular flexibility index (Phi) is 8.01. The Morgan fingerprint density at radius 2 is 1.00 bits per heavy atom. The van der Waals surface area contributed by atoms with Crippen molar-refractivity contribution in [2.75, 3.05) is 0 Å². The van der Waals surface area contributed by atoms with Crippen molar-refractivity contribution in [2.24, 2.45) is 4.99 Å². The van der Waals surface area contributed by atoms with E-state index in [0.29, 0.717) is 0 Å². The standard InChI is InChI=1S/C37H31N2.Pt/c1-24-5-13-28(14-6-24)32-21-34(30-17-9-26(3)10-18-30)38-36(32)23-37-33(29-15-7-25(2)8-16-29)22-35(39-37)31-19-11-27(4)12-20-31;/h5-23H,1-4H3;/q-1;/b36-23-;. The molecule has 0 N–H and O–H groups in total. The van der Waals surface area contributed by atoms with E-state index in [4.69, 9.17) is 9.98 Å². The Balaban J connectivity index is 0.00000323. The first kappa shape index (κ1) is 27.6. The Bertz CT molecular complexity index is 1730. The maximum atomic E-state index is 5.15. The van der Waals surface area contributed by atoms with Crippen molar-refractivity contribution >= 4 is 17.4 Å². The van der Waals surface area contributed by atoms with Crippen molar-refractivity contribution in [1.29, 1.82) is 0 Å². The second kappa shape index (κ2) is 11.6. The van der Waals surface area contributed by atoms with Gasteiger partial charge < -0.3 is 4.98 Å². The van der Waals surface area contributed by atoms with Crippen LogP contribution in [0.5, 0.6) is 0 Å². The van der Waals surface area contributed by atoms with Gasteiger partial charge in [-0.1, -0.05) is 125 Å². The van der Waals surface area contributed by atoms with Crippen LogP contribution in [0.25, 0.3) is 34.0 Å². The van der Waals surface area contributed by atoms with Crippen LogP contribution in [0.4, 0.5) is 0 Å². The fourth-order valence-electron chi connectivity index (χ4n) is 4.89. The predicted octanol–water partition coefficient (Wildman–Crippen LogP) is 9.14. The number of aliphatic imine (C=N–C) groups is 1. The minimum absolute atomic E-state index is 0. The van der Waals surface area contributed by atoms with Crippen molar-refractivity contribution < 1.29 is 21.1 Å². The van der Waals surface area contributed by atoms with Gasteiger partial charge in [0.1, 0.15) is 0 Å². The summed E-state index contributed by atoms with van der Waals surface area (Å²) in [6.45, 7) is 8.45. The molecule has 0 spiro atoms. The summed E-state index contributed by atoms with van der Waals surface area (Å²) in [7, 11) is 0. The third kappa shape index (κ3) is 5.78. The van der Waals surface area contributed by atoms with E-state index in [-0.39, 0.29) is 21.1 Å². The molecule has 6 rings (SSSR count). The van der Waals surface area contributed by atoms with Gasteiger partial charge in [0.05, 0.1) is 11.4 Å². The fraction of sp³-hybridized carbons (Fsp3) is 0.108. The average molecular weight is 699 g/mol. The molecule has 2 nitrogen and oxygen atoms in total. The Morgan fingerprint density at radius 3 is 1.52 bits per heavy atom. The van der Waals surface area contributed by atoms with Gasteiger partial charge in [-0.15, -0.1) is 11.4 Å². The molecule has 40 heavy (non-hydrogen) atoms. The first-order valence-corrected chi connectivity index (χ1v) is 13.4. The molecular formula is C37H31N2Pt-. The van der Waals surface area contributed by atoms with Crippen molar-refractivity contribution in [3.05, 3.63) is 154 Å². The zero-order valence-electron chi connectivity index (χ0n) is 23.2. The molecule has 0 amide bonds. The summed E-state index contributed by atoms with van der Waals surface area (Å²) in [5, 5.41) is 0. The summed E-state index contributed by atoms with van der Waals surface area (Å²) in [4.78, 5) is 10.3. The quantitative estimate of drug-likeness (QED) is 0.180. The molecule has 0 aliphatic carbocycles. The number of benzene rings is 4. The third-order valence-electron chi connectivity index (χ3n) is 7.29. The monoisotopic (exact) mass is 698 g/mol. The van der Waals surface area contributed by atoms with Crippen molar-refractivity contribution in [3.8, 4) is 22.4 Å². The van der Waals surface area contributed by atoms with E-state index in [2.05, 4.69) is 143 Å². The zero-order valence-corrected chi connectivity index (χ0v) is 25.5. The van der Waals surface area contributed by atoms with Gasteiger partial charge in [0, 0.05) is 32.2 Å². The van der Waals surface area contributed by atoms with E-state index < -0.39 is 0 Å². The first-order valence-electron chi connectivity index (χ1n) is 13.4. The molecule has 1 aromatic heterocycles. The van der Waals surface area contributed by atoms with Crippen molar-refractivity contribution in [3.63, 3.8) is 0 Å². The van der Waals surface area contributed by atoms with E-state index in [9.17, 15) is 0 Å². The molecule has 0 fully saturated rings. The normalized spacial score (nSPS) is 13.7. The topological polar surface area (TPSA) is 26.5 Å². The number of allylic oxidation sites excluding steroid dienone is 2. The molecule has 4 aromatic carbocycles. The summed E-state index contributed by atoms with van der Waals surface area (Å²) in [6.07, 6.45) is 4.36. The van der Waals surface area contributed by atoms with Crippen LogP contribution in [0.15, 0.2) is 120 Å². The van der Waals surface area contributed by atoms with Gasteiger partial charge in [-0.05, 0) is 62.1 Å². The Hall–Kier alpha value is -4.00. The van der Waals surface area contributed by atoms with Gasteiger partial charge >= 0.3 is 0 Å². The number of nitrogens with zero attached hydrogens (tertiary/aromatic N) is 2. The molecule has 5 aromatic rings. The average Bonchev–Trinajstić information content (AvgIpc) is 3.55. The van der Waals surface area contributed by atoms with Crippen molar-refractivity contribution in [1.82, 2.24) is 4.98 Å². The van der Waals surface area contributed by atoms with E-state index in [1.54, 1.807) is 0 Å². The molecule has 3 heteroatoms. The number of aryl methyl sites for hydroxylation is 4. The van der Waals surface area contributed by atoms with Gasteiger partial charge in [-0.25, -0.2) is 4.99 Å². The van der Waals surface area contributed by atoms with Crippen LogP contribution >= 0.6 is 0 Å². The van der Waals surface area contributed by atoms with Crippen LogP contribution in [0.3, 0.4) is 0 Å². The Morgan fingerprint density at radius 1 is 0.550 bits per heavy atom. The van der Waals surface area contributed by atoms with Crippen LogP contribution in [0, 0.1) is 27.7 Å². The van der Waals surface area contributed by atoms with Crippen molar-refractivity contribution in [2.45, 2.75) is 27.7 Å². The van der Waals surface area contributed by atoms with Gasteiger partial charge in [0.2, 0.25) is 0 Å². The molecule has 2 heterocycles. The first-order chi connectivity index (χ1) is 18.9. The Labute approximate surface area is 251 Å². The molecule has 0 saturated heterocycles. The summed E-state index contributed by atoms with van der Waals surface area (Å²) < 4.78 is 0. The molecule has 0 bridgehead atoms. The fourth-order valence-corrected chi connectivity index (χ4v) is 4.89. The van der Waals surface area contributed by atoms with Crippen LogP contribution in [0.2, 0.25) is 0 Å². The van der Waals surface area contributed by atoms with Gasteiger partial charge in [-0.3, -0.25) is 0 Å². The molecule has 0 unspecified atom stereocenters. The van der Waals surface area contributed by atoms with E-state index in [1.165, 1.54) is 22.3 Å². The third-order valence-corrected chi connectivity index (χ3v) is 7.29. The number of aromatic nitrogens is 1. The zero-order chi connectivity index (χ0) is 26.9. The maximum Gasteiger partial charge on any atom is 0.0716 e. The summed E-state index contributed by atoms with van der Waals surface area (Å²) in [5.41, 5.74) is 15.5. The molecule has 0 saturated carbocycles. The van der Waals surface area contributed by atoms with Crippen LogP contribution in [-0.2, 0) is 21.1 Å². The minimum Gasteiger partial charge on any atom is -0.657 e. The molecule has 0 atom stereocenters. The summed E-state index contributed by atoms with van der Waals surface area (Å²) in [6, 6.07) is 36.7. The molecule has 1 aliphatic rings. The minimum atomic E-state index is 0. The summed E-state index contributed by atoms with van der Waals surface area (Å²) >= 11 is 0. The van der Waals surface area contributed by atoms with Gasteiger partial charge in [-0.2, -0.15) is 0 Å². The smallest absolute Gasteiger partial charge is 0.0716 e. The molecule has 200 valence electrons. The van der Waals surface area contributed by atoms with E-state index >= 15 is 0 Å². The van der Waals surface area contributed by atoms with Gasteiger partial charge in [0.15, 0.2) is 0 Å². The predicted molar refractivity (Wildman–Crippen MR) is 165 cm³/mol. The van der Waals surface area contributed by atoms with Gasteiger partial charge in [0.25, 0.3) is 0 Å². The molecule has 1 aliphatic heterocycles. The number of rotatable bonds is 5.